The maximum absolute atomic E-state index is 12.0. The van der Waals surface area contributed by atoms with Crippen LogP contribution in [0, 0.1) is 11.8 Å². The molecule has 2 N–H and O–H groups in total. The van der Waals surface area contributed by atoms with Gasteiger partial charge in [-0.15, -0.1) is 0 Å². The monoisotopic (exact) mass is 322 g/mol. The number of aliphatic hydroxyl groups excluding tert-OH is 1. The number of aliphatic carboxylic acids is 1. The minimum absolute atomic E-state index is 0.0184. The van der Waals surface area contributed by atoms with E-state index in [0.717, 1.165) is 32.1 Å². The Labute approximate surface area is 139 Å². The minimum Gasteiger partial charge on any atom is -0.481 e. The molecule has 1 rings (SSSR count). The van der Waals surface area contributed by atoms with Gasteiger partial charge in [0.25, 0.3) is 0 Å². The lowest BCUT2D eigenvalue weighted by atomic mass is 9.91. The highest BCUT2D eigenvalue weighted by Gasteiger charge is 2.31. The predicted octanol–water partition coefficient (Wildman–Crippen LogP) is 3.89. The number of ketones is 1. The molecule has 0 aromatic carbocycles. The number of carboxylic acids is 1. The SMILES string of the molecule is CCCCC[C@H](O)/C=C/[C@H]1CCC(=O)[C@@H]1C/C=C\CCC(=O)O. The lowest BCUT2D eigenvalue weighted by Gasteiger charge is -2.13. The van der Waals surface area contributed by atoms with E-state index in [2.05, 4.69) is 6.92 Å². The Hall–Kier alpha value is -1.42. The van der Waals surface area contributed by atoms with Crippen molar-refractivity contribution in [3.05, 3.63) is 24.3 Å². The van der Waals surface area contributed by atoms with E-state index in [9.17, 15) is 14.7 Å². The van der Waals surface area contributed by atoms with Gasteiger partial charge in [-0.3, -0.25) is 9.59 Å². The first-order chi connectivity index (χ1) is 11.0. The predicted molar refractivity (Wildman–Crippen MR) is 91.1 cm³/mol. The van der Waals surface area contributed by atoms with E-state index in [-0.39, 0.29) is 24.0 Å². The molecule has 1 saturated carbocycles. The zero-order valence-electron chi connectivity index (χ0n) is 14.1. The van der Waals surface area contributed by atoms with Crippen molar-refractivity contribution in [2.24, 2.45) is 11.8 Å². The van der Waals surface area contributed by atoms with Gasteiger partial charge in [0.2, 0.25) is 0 Å². The van der Waals surface area contributed by atoms with Crippen LogP contribution in [0.1, 0.15) is 64.7 Å². The number of carbonyl (C=O) groups is 2. The summed E-state index contributed by atoms with van der Waals surface area (Å²) in [7, 11) is 0. The first-order valence-corrected chi connectivity index (χ1v) is 8.80. The molecular weight excluding hydrogens is 292 g/mol. The van der Waals surface area contributed by atoms with Crippen molar-refractivity contribution in [1.82, 2.24) is 0 Å². The van der Waals surface area contributed by atoms with Gasteiger partial charge >= 0.3 is 5.97 Å². The second-order valence-electron chi connectivity index (χ2n) is 6.36. The maximum Gasteiger partial charge on any atom is 0.303 e. The van der Waals surface area contributed by atoms with Crippen molar-refractivity contribution in [3.63, 3.8) is 0 Å². The van der Waals surface area contributed by atoms with Gasteiger partial charge in [0.1, 0.15) is 5.78 Å². The number of hydrogen-bond donors (Lipinski definition) is 2. The number of carbonyl (C=O) groups excluding carboxylic acids is 1. The van der Waals surface area contributed by atoms with Crippen LogP contribution in [0.2, 0.25) is 0 Å². The van der Waals surface area contributed by atoms with E-state index < -0.39 is 12.1 Å². The Morgan fingerprint density at radius 2 is 2.13 bits per heavy atom. The number of Topliss-reactive ketones (excluding diaryl/α,β-unsaturated/α-hetero) is 1. The first kappa shape index (κ1) is 19.6. The fraction of sp³-hybridized carbons (Fsp3) is 0.684. The molecule has 3 atom stereocenters. The van der Waals surface area contributed by atoms with Gasteiger partial charge in [-0.05, 0) is 31.6 Å². The van der Waals surface area contributed by atoms with Crippen molar-refractivity contribution in [3.8, 4) is 0 Å². The summed E-state index contributed by atoms with van der Waals surface area (Å²) in [6, 6.07) is 0. The second kappa shape index (κ2) is 11.2. The van der Waals surface area contributed by atoms with E-state index in [4.69, 9.17) is 5.11 Å². The van der Waals surface area contributed by atoms with Crippen LogP contribution >= 0.6 is 0 Å². The Morgan fingerprint density at radius 1 is 1.35 bits per heavy atom. The van der Waals surface area contributed by atoms with Crippen LogP contribution in [0.4, 0.5) is 0 Å². The Balaban J connectivity index is 2.41. The standard InChI is InChI=1S/C19H30O4/c1-2-3-5-8-16(20)13-11-15-12-14-18(21)17(15)9-6-4-7-10-19(22)23/h4,6,11,13,15-17,20H,2-3,5,7-10,12,14H2,1H3,(H,22,23)/b6-4-,13-11+/t15-,16-,17+/m0/s1. The number of rotatable bonds is 11. The van der Waals surface area contributed by atoms with Gasteiger partial charge in [0.05, 0.1) is 6.10 Å². The van der Waals surface area contributed by atoms with Crippen molar-refractivity contribution in [2.45, 2.75) is 70.8 Å². The summed E-state index contributed by atoms with van der Waals surface area (Å²) in [5.74, 6) is -0.338. The largest absolute Gasteiger partial charge is 0.481 e. The number of allylic oxidation sites excluding steroid dienone is 3. The quantitative estimate of drug-likeness (QED) is 0.447. The maximum atomic E-state index is 12.0. The van der Waals surface area contributed by atoms with Crippen LogP contribution in [0.3, 0.4) is 0 Å². The van der Waals surface area contributed by atoms with Gasteiger partial charge in [0, 0.05) is 18.8 Å². The number of carboxylic acid groups (broad SMARTS) is 1. The topological polar surface area (TPSA) is 74.6 Å². The normalized spacial score (nSPS) is 23.1. The molecular formula is C19H30O4. The molecule has 0 amide bonds. The summed E-state index contributed by atoms with van der Waals surface area (Å²) >= 11 is 0. The molecule has 0 aromatic rings. The molecule has 130 valence electrons. The highest BCUT2D eigenvalue weighted by Crippen LogP contribution is 2.33. The lowest BCUT2D eigenvalue weighted by Crippen LogP contribution is -2.13. The average Bonchev–Trinajstić information content (AvgIpc) is 2.85. The average molecular weight is 322 g/mol. The van der Waals surface area contributed by atoms with Gasteiger partial charge in [-0.1, -0.05) is 50.5 Å². The van der Waals surface area contributed by atoms with E-state index >= 15 is 0 Å². The fourth-order valence-corrected chi connectivity index (χ4v) is 3.01. The van der Waals surface area contributed by atoms with Crippen LogP contribution in [0.5, 0.6) is 0 Å². The van der Waals surface area contributed by atoms with Gasteiger partial charge in [-0.2, -0.15) is 0 Å². The first-order valence-electron chi connectivity index (χ1n) is 8.80. The smallest absolute Gasteiger partial charge is 0.303 e. The molecule has 23 heavy (non-hydrogen) atoms. The Kier molecular flexibility index (Phi) is 9.53. The summed E-state index contributed by atoms with van der Waals surface area (Å²) in [6.07, 6.45) is 14.1. The molecule has 1 aliphatic carbocycles. The van der Waals surface area contributed by atoms with Gasteiger partial charge in [0.15, 0.2) is 0 Å². The Bertz CT molecular complexity index is 425. The third-order valence-corrected chi connectivity index (χ3v) is 4.42. The molecule has 0 radical (unpaired) electrons. The summed E-state index contributed by atoms with van der Waals surface area (Å²) < 4.78 is 0. The number of aliphatic hydroxyl groups is 1. The highest BCUT2D eigenvalue weighted by molar-refractivity contribution is 5.83. The second-order valence-corrected chi connectivity index (χ2v) is 6.36. The van der Waals surface area contributed by atoms with Crippen LogP contribution in [0.25, 0.3) is 0 Å². The third-order valence-electron chi connectivity index (χ3n) is 4.42. The van der Waals surface area contributed by atoms with Gasteiger partial charge in [-0.25, -0.2) is 0 Å². The van der Waals surface area contributed by atoms with E-state index in [1.165, 1.54) is 0 Å². The molecule has 0 aliphatic heterocycles. The fourth-order valence-electron chi connectivity index (χ4n) is 3.01. The minimum atomic E-state index is -0.801. The molecule has 4 nitrogen and oxygen atoms in total. The van der Waals surface area contributed by atoms with E-state index in [0.29, 0.717) is 19.3 Å². The molecule has 1 fully saturated rings. The van der Waals surface area contributed by atoms with Crippen LogP contribution < -0.4 is 0 Å². The van der Waals surface area contributed by atoms with Crippen molar-refractivity contribution in [1.29, 1.82) is 0 Å². The molecule has 0 aromatic heterocycles. The van der Waals surface area contributed by atoms with Crippen LogP contribution in [0.15, 0.2) is 24.3 Å². The lowest BCUT2D eigenvalue weighted by molar-refractivity contribution is -0.136. The van der Waals surface area contributed by atoms with E-state index in [1.54, 1.807) is 0 Å². The molecule has 0 spiro atoms. The number of hydrogen-bond acceptors (Lipinski definition) is 3. The molecule has 0 bridgehead atoms. The molecule has 0 unspecified atom stereocenters. The zero-order valence-corrected chi connectivity index (χ0v) is 14.1. The Morgan fingerprint density at radius 3 is 2.83 bits per heavy atom. The molecule has 4 heteroatoms. The van der Waals surface area contributed by atoms with Crippen LogP contribution in [-0.4, -0.2) is 28.1 Å². The van der Waals surface area contributed by atoms with E-state index in [1.807, 2.05) is 24.3 Å². The third kappa shape index (κ3) is 8.12. The summed E-state index contributed by atoms with van der Waals surface area (Å²) in [5, 5.41) is 18.5. The van der Waals surface area contributed by atoms with Gasteiger partial charge < -0.3 is 10.2 Å². The summed E-state index contributed by atoms with van der Waals surface area (Å²) in [5.41, 5.74) is 0. The summed E-state index contributed by atoms with van der Waals surface area (Å²) in [6.45, 7) is 2.14. The van der Waals surface area contributed by atoms with Crippen molar-refractivity contribution < 1.29 is 19.8 Å². The van der Waals surface area contributed by atoms with Crippen molar-refractivity contribution in [2.75, 3.05) is 0 Å². The summed E-state index contributed by atoms with van der Waals surface area (Å²) in [4.78, 5) is 22.4. The zero-order chi connectivity index (χ0) is 17.1. The molecule has 0 saturated heterocycles. The van der Waals surface area contributed by atoms with Crippen LogP contribution in [-0.2, 0) is 9.59 Å². The molecule has 1 aliphatic rings. The van der Waals surface area contributed by atoms with Crippen molar-refractivity contribution >= 4 is 11.8 Å². The molecule has 0 heterocycles. The highest BCUT2D eigenvalue weighted by atomic mass is 16.4. The number of unbranched alkanes of at least 4 members (excludes halogenated alkanes) is 2.